The number of nitriles is 1. The second-order valence-electron chi connectivity index (χ2n) is 2.88. The molecule has 74 valence electrons. The predicted molar refractivity (Wildman–Crippen MR) is 52.7 cm³/mol. The molecule has 0 heterocycles. The van der Waals surface area contributed by atoms with Crippen molar-refractivity contribution >= 4 is 0 Å². The van der Waals surface area contributed by atoms with Gasteiger partial charge >= 0.3 is 0 Å². The van der Waals surface area contributed by atoms with Crippen LogP contribution in [-0.2, 0) is 6.61 Å². The molecule has 0 aliphatic rings. The number of hydrogen-bond donors (Lipinski definition) is 1. The molecule has 0 bridgehead atoms. The van der Waals surface area contributed by atoms with Crippen LogP contribution in [-0.4, -0.2) is 11.7 Å². The monoisotopic (exact) mass is 191 g/mol. The fourth-order valence-electron chi connectivity index (χ4n) is 1.11. The van der Waals surface area contributed by atoms with Gasteiger partial charge in [-0.3, -0.25) is 0 Å². The Morgan fingerprint density at radius 3 is 2.86 bits per heavy atom. The maximum atomic E-state index is 8.99. The van der Waals surface area contributed by atoms with E-state index in [9.17, 15) is 0 Å². The van der Waals surface area contributed by atoms with Crippen LogP contribution in [0, 0.1) is 11.3 Å². The third-order valence-corrected chi connectivity index (χ3v) is 1.83. The first-order chi connectivity index (χ1) is 6.88. The van der Waals surface area contributed by atoms with Crippen molar-refractivity contribution in [2.75, 3.05) is 6.61 Å². The molecule has 3 heteroatoms. The van der Waals surface area contributed by atoms with Gasteiger partial charge in [0.1, 0.15) is 5.75 Å². The molecule has 3 nitrogen and oxygen atoms in total. The minimum Gasteiger partial charge on any atom is -0.493 e. The van der Waals surface area contributed by atoms with Crippen molar-refractivity contribution in [2.45, 2.75) is 19.4 Å². The molecule has 1 aromatic rings. The molecule has 0 fully saturated rings. The quantitative estimate of drug-likeness (QED) is 0.723. The van der Waals surface area contributed by atoms with Gasteiger partial charge in [-0.1, -0.05) is 18.2 Å². The minimum absolute atomic E-state index is 0.0194. The van der Waals surface area contributed by atoms with Crippen molar-refractivity contribution in [3.63, 3.8) is 0 Å². The van der Waals surface area contributed by atoms with Crippen LogP contribution in [0.1, 0.15) is 18.4 Å². The molecule has 1 rings (SSSR count). The van der Waals surface area contributed by atoms with Gasteiger partial charge in [0.05, 0.1) is 19.3 Å². The van der Waals surface area contributed by atoms with Crippen molar-refractivity contribution in [2.24, 2.45) is 0 Å². The highest BCUT2D eigenvalue weighted by molar-refractivity contribution is 5.32. The Bertz CT molecular complexity index is 317. The van der Waals surface area contributed by atoms with E-state index in [1.807, 2.05) is 24.3 Å². The maximum absolute atomic E-state index is 8.99. The molecule has 14 heavy (non-hydrogen) atoms. The molecule has 0 saturated heterocycles. The number of benzene rings is 1. The summed E-state index contributed by atoms with van der Waals surface area (Å²) in [4.78, 5) is 0. The lowest BCUT2D eigenvalue weighted by atomic mass is 10.2. The van der Waals surface area contributed by atoms with E-state index in [-0.39, 0.29) is 6.61 Å². The molecular weight excluding hydrogens is 178 g/mol. The zero-order valence-corrected chi connectivity index (χ0v) is 7.94. The second-order valence-corrected chi connectivity index (χ2v) is 2.88. The Morgan fingerprint density at radius 1 is 1.36 bits per heavy atom. The summed E-state index contributed by atoms with van der Waals surface area (Å²) in [5, 5.41) is 17.3. The summed E-state index contributed by atoms with van der Waals surface area (Å²) in [5.41, 5.74) is 0.782. The Balaban J connectivity index is 2.46. The fraction of sp³-hybridized carbons (Fsp3) is 0.364. The third-order valence-electron chi connectivity index (χ3n) is 1.83. The van der Waals surface area contributed by atoms with Crippen LogP contribution in [0.5, 0.6) is 5.75 Å². The van der Waals surface area contributed by atoms with Gasteiger partial charge in [-0.2, -0.15) is 5.26 Å². The molecule has 1 N–H and O–H groups in total. The maximum Gasteiger partial charge on any atom is 0.124 e. The van der Waals surface area contributed by atoms with Gasteiger partial charge in [-0.15, -0.1) is 0 Å². The van der Waals surface area contributed by atoms with Gasteiger partial charge in [0, 0.05) is 12.0 Å². The summed E-state index contributed by atoms with van der Waals surface area (Å²) in [6.07, 6.45) is 1.22. The predicted octanol–water partition coefficient (Wildman–Crippen LogP) is 1.86. The fourth-order valence-corrected chi connectivity index (χ4v) is 1.11. The van der Waals surface area contributed by atoms with E-state index in [4.69, 9.17) is 15.1 Å². The molecule has 0 saturated carbocycles. The van der Waals surface area contributed by atoms with Crippen molar-refractivity contribution in [3.05, 3.63) is 29.8 Å². The standard InChI is InChI=1S/C11H13NO2/c12-7-3-4-8-14-11-6-2-1-5-10(11)9-13/h1-2,5-6,13H,3-4,8-9H2. The zero-order valence-electron chi connectivity index (χ0n) is 7.94. The highest BCUT2D eigenvalue weighted by atomic mass is 16.5. The molecular formula is C11H13NO2. The summed E-state index contributed by atoms with van der Waals surface area (Å²) in [7, 11) is 0. The number of unbranched alkanes of at least 4 members (excludes halogenated alkanes) is 1. The first-order valence-corrected chi connectivity index (χ1v) is 4.57. The summed E-state index contributed by atoms with van der Waals surface area (Å²) in [5.74, 6) is 0.702. The van der Waals surface area contributed by atoms with Crippen LogP contribution in [0.4, 0.5) is 0 Å². The number of nitrogens with zero attached hydrogens (tertiary/aromatic N) is 1. The molecule has 0 aliphatic heterocycles. The number of ether oxygens (including phenoxy) is 1. The number of aliphatic hydroxyl groups is 1. The summed E-state index contributed by atoms with van der Waals surface area (Å²) < 4.78 is 5.42. The van der Waals surface area contributed by atoms with Gasteiger partial charge in [0.25, 0.3) is 0 Å². The van der Waals surface area contributed by atoms with Gasteiger partial charge in [-0.25, -0.2) is 0 Å². The van der Waals surface area contributed by atoms with Gasteiger partial charge in [-0.05, 0) is 12.5 Å². The summed E-state index contributed by atoms with van der Waals surface area (Å²) in [6.45, 7) is 0.499. The van der Waals surface area contributed by atoms with E-state index in [0.717, 1.165) is 12.0 Å². The Morgan fingerprint density at radius 2 is 2.14 bits per heavy atom. The minimum atomic E-state index is -0.0194. The molecule has 0 aliphatic carbocycles. The van der Waals surface area contributed by atoms with Crippen molar-refractivity contribution < 1.29 is 9.84 Å². The SMILES string of the molecule is N#CCCCOc1ccccc1CO. The van der Waals surface area contributed by atoms with Crippen LogP contribution < -0.4 is 4.74 Å². The van der Waals surface area contributed by atoms with E-state index in [1.165, 1.54) is 0 Å². The lowest BCUT2D eigenvalue weighted by molar-refractivity contribution is 0.262. The highest BCUT2D eigenvalue weighted by Crippen LogP contribution is 2.17. The van der Waals surface area contributed by atoms with Gasteiger partial charge < -0.3 is 9.84 Å². The number of para-hydroxylation sites is 1. The van der Waals surface area contributed by atoms with Crippen LogP contribution in [0.3, 0.4) is 0 Å². The molecule has 0 spiro atoms. The van der Waals surface area contributed by atoms with E-state index in [1.54, 1.807) is 0 Å². The van der Waals surface area contributed by atoms with E-state index in [2.05, 4.69) is 6.07 Å². The van der Waals surface area contributed by atoms with E-state index >= 15 is 0 Å². The largest absolute Gasteiger partial charge is 0.493 e. The smallest absolute Gasteiger partial charge is 0.124 e. The molecule has 0 amide bonds. The normalized spacial score (nSPS) is 9.43. The lowest BCUT2D eigenvalue weighted by Crippen LogP contribution is -1.99. The van der Waals surface area contributed by atoms with Gasteiger partial charge in [0.15, 0.2) is 0 Å². The first-order valence-electron chi connectivity index (χ1n) is 4.57. The Hall–Kier alpha value is -1.53. The molecule has 0 aromatic heterocycles. The van der Waals surface area contributed by atoms with Crippen molar-refractivity contribution in [1.29, 1.82) is 5.26 Å². The lowest BCUT2D eigenvalue weighted by Gasteiger charge is -2.08. The molecule has 0 unspecified atom stereocenters. The van der Waals surface area contributed by atoms with E-state index in [0.29, 0.717) is 18.8 Å². The van der Waals surface area contributed by atoms with Crippen LogP contribution in [0.25, 0.3) is 0 Å². The summed E-state index contributed by atoms with van der Waals surface area (Å²) in [6, 6.07) is 9.40. The Labute approximate surface area is 83.6 Å². The zero-order chi connectivity index (χ0) is 10.2. The van der Waals surface area contributed by atoms with Gasteiger partial charge in [0.2, 0.25) is 0 Å². The second kappa shape index (κ2) is 6.01. The number of hydrogen-bond acceptors (Lipinski definition) is 3. The summed E-state index contributed by atoms with van der Waals surface area (Å²) >= 11 is 0. The molecule has 0 radical (unpaired) electrons. The van der Waals surface area contributed by atoms with Crippen molar-refractivity contribution in [1.82, 2.24) is 0 Å². The number of aliphatic hydroxyl groups excluding tert-OH is 1. The van der Waals surface area contributed by atoms with E-state index < -0.39 is 0 Å². The highest BCUT2D eigenvalue weighted by Gasteiger charge is 2.00. The molecule has 1 aromatic carbocycles. The van der Waals surface area contributed by atoms with Crippen LogP contribution in [0.15, 0.2) is 24.3 Å². The van der Waals surface area contributed by atoms with Crippen molar-refractivity contribution in [3.8, 4) is 11.8 Å². The third kappa shape index (κ3) is 3.08. The molecule has 0 atom stereocenters. The van der Waals surface area contributed by atoms with Crippen LogP contribution in [0.2, 0.25) is 0 Å². The Kier molecular flexibility index (Phi) is 4.53. The average molecular weight is 191 g/mol. The number of rotatable bonds is 5. The average Bonchev–Trinajstić information content (AvgIpc) is 2.25. The topological polar surface area (TPSA) is 53.2 Å². The van der Waals surface area contributed by atoms with Crippen LogP contribution >= 0.6 is 0 Å². The first kappa shape index (κ1) is 10.6.